The van der Waals surface area contributed by atoms with Gasteiger partial charge in [-0.3, -0.25) is 15.0 Å². The van der Waals surface area contributed by atoms with Gasteiger partial charge in [0.05, 0.1) is 21.7 Å². The summed E-state index contributed by atoms with van der Waals surface area (Å²) >= 11 is 1.24. The topological polar surface area (TPSA) is 126 Å². The third-order valence-electron chi connectivity index (χ3n) is 3.45. The number of nitrogens with one attached hydrogen (secondary N) is 1. The first-order valence-electron chi connectivity index (χ1n) is 7.09. The van der Waals surface area contributed by atoms with Gasteiger partial charge in [-0.15, -0.1) is 11.3 Å². The van der Waals surface area contributed by atoms with E-state index in [1.54, 1.807) is 41.8 Å². The summed E-state index contributed by atoms with van der Waals surface area (Å²) in [5.74, 6) is -1.24. The molecule has 1 aromatic carbocycles. The number of benzene rings is 1. The van der Waals surface area contributed by atoms with Crippen LogP contribution < -0.4 is 11.2 Å². The summed E-state index contributed by atoms with van der Waals surface area (Å²) in [6, 6.07) is 13.0. The van der Waals surface area contributed by atoms with Crippen LogP contribution in [0.4, 0.5) is 0 Å². The Kier molecular flexibility index (Phi) is 4.24. The molecule has 122 valence electrons. The van der Waals surface area contributed by atoms with Crippen molar-refractivity contribution in [3.8, 4) is 11.8 Å². The summed E-state index contributed by atoms with van der Waals surface area (Å²) in [7, 11) is 0. The molecule has 8 heteroatoms. The SMILES string of the molecule is N#Cc1ccccc1-n1nc(C(=O)c2cccs2)cc(C(N)=O)c1=N. The number of primary amides is 1. The fraction of sp³-hybridized carbons (Fsp3) is 0. The summed E-state index contributed by atoms with van der Waals surface area (Å²) in [6.07, 6.45) is 0. The van der Waals surface area contributed by atoms with E-state index in [2.05, 4.69) is 5.10 Å². The molecule has 0 spiro atoms. The third-order valence-corrected chi connectivity index (χ3v) is 4.32. The van der Waals surface area contributed by atoms with Gasteiger partial charge < -0.3 is 5.73 Å². The zero-order chi connectivity index (χ0) is 18.0. The van der Waals surface area contributed by atoms with Crippen molar-refractivity contribution >= 4 is 23.0 Å². The Morgan fingerprint density at radius 3 is 2.64 bits per heavy atom. The highest BCUT2D eigenvalue weighted by atomic mass is 32.1. The second kappa shape index (κ2) is 6.51. The van der Waals surface area contributed by atoms with Gasteiger partial charge in [0.2, 0.25) is 5.78 Å². The second-order valence-electron chi connectivity index (χ2n) is 5.00. The molecular formula is C17H11N5O2S. The van der Waals surface area contributed by atoms with E-state index < -0.39 is 5.91 Å². The average Bonchev–Trinajstić information content (AvgIpc) is 3.15. The van der Waals surface area contributed by atoms with Gasteiger partial charge in [0.25, 0.3) is 5.91 Å². The molecule has 0 saturated carbocycles. The fourth-order valence-corrected chi connectivity index (χ4v) is 2.94. The lowest BCUT2D eigenvalue weighted by Crippen LogP contribution is -2.32. The number of carbonyl (C=O) groups is 2. The molecule has 0 unspecified atom stereocenters. The molecule has 7 nitrogen and oxygen atoms in total. The van der Waals surface area contributed by atoms with Crippen LogP contribution >= 0.6 is 11.3 Å². The molecule has 0 aliphatic carbocycles. The molecule has 0 aliphatic heterocycles. The first-order valence-corrected chi connectivity index (χ1v) is 7.97. The molecule has 3 aromatic rings. The van der Waals surface area contributed by atoms with Crippen molar-refractivity contribution < 1.29 is 9.59 Å². The molecule has 0 radical (unpaired) electrons. The summed E-state index contributed by atoms with van der Waals surface area (Å²) in [6.45, 7) is 0. The minimum Gasteiger partial charge on any atom is -0.365 e. The minimum atomic E-state index is -0.851. The third kappa shape index (κ3) is 2.96. The van der Waals surface area contributed by atoms with Gasteiger partial charge in [0.15, 0.2) is 5.49 Å². The van der Waals surface area contributed by atoms with E-state index in [0.29, 0.717) is 10.6 Å². The number of thiophene rings is 1. The van der Waals surface area contributed by atoms with Crippen molar-refractivity contribution in [1.82, 2.24) is 9.78 Å². The van der Waals surface area contributed by atoms with E-state index in [1.165, 1.54) is 17.4 Å². The van der Waals surface area contributed by atoms with E-state index in [9.17, 15) is 14.9 Å². The monoisotopic (exact) mass is 349 g/mol. The second-order valence-corrected chi connectivity index (χ2v) is 5.95. The van der Waals surface area contributed by atoms with Crippen molar-refractivity contribution in [2.45, 2.75) is 0 Å². The number of nitriles is 1. The highest BCUT2D eigenvalue weighted by Gasteiger charge is 2.19. The number of rotatable bonds is 4. The van der Waals surface area contributed by atoms with Gasteiger partial charge in [0, 0.05) is 0 Å². The number of ketones is 1. The Balaban J connectivity index is 2.29. The number of para-hydroxylation sites is 1. The molecular weight excluding hydrogens is 338 g/mol. The molecule has 0 aliphatic rings. The normalized spacial score (nSPS) is 10.2. The lowest BCUT2D eigenvalue weighted by molar-refractivity contribution is 0.0997. The van der Waals surface area contributed by atoms with Gasteiger partial charge in [0.1, 0.15) is 11.8 Å². The number of carbonyl (C=O) groups excluding carboxylic acids is 2. The van der Waals surface area contributed by atoms with Crippen molar-refractivity contribution in [1.29, 1.82) is 10.7 Å². The molecule has 2 aromatic heterocycles. The van der Waals surface area contributed by atoms with Crippen molar-refractivity contribution in [3.63, 3.8) is 0 Å². The van der Waals surface area contributed by atoms with Crippen LogP contribution in [0.5, 0.6) is 0 Å². The Morgan fingerprint density at radius 2 is 2.00 bits per heavy atom. The van der Waals surface area contributed by atoms with Gasteiger partial charge in [-0.05, 0) is 29.6 Å². The largest absolute Gasteiger partial charge is 0.365 e. The Morgan fingerprint density at radius 1 is 1.24 bits per heavy atom. The van der Waals surface area contributed by atoms with Crippen LogP contribution in [-0.4, -0.2) is 21.5 Å². The molecule has 0 saturated heterocycles. The van der Waals surface area contributed by atoms with Crippen LogP contribution in [0.25, 0.3) is 5.69 Å². The first kappa shape index (κ1) is 16.3. The van der Waals surface area contributed by atoms with E-state index in [0.717, 1.165) is 4.68 Å². The van der Waals surface area contributed by atoms with Gasteiger partial charge in [-0.2, -0.15) is 10.4 Å². The number of nitrogens with zero attached hydrogens (tertiary/aromatic N) is 3. The van der Waals surface area contributed by atoms with Gasteiger partial charge >= 0.3 is 0 Å². The van der Waals surface area contributed by atoms with Crippen LogP contribution in [0, 0.1) is 16.7 Å². The average molecular weight is 349 g/mol. The predicted molar refractivity (Wildman–Crippen MR) is 90.4 cm³/mol. The van der Waals surface area contributed by atoms with Crippen molar-refractivity contribution in [2.24, 2.45) is 5.73 Å². The standard InChI is InChI=1S/C17H11N5O2S/c18-9-10-4-1-2-5-13(10)22-16(19)11(17(20)24)8-12(21-22)15(23)14-6-3-7-25-14/h1-8,19H,(H2,20,24). The number of nitrogens with two attached hydrogens (primary N) is 1. The van der Waals surface area contributed by atoms with Crippen LogP contribution in [0.2, 0.25) is 0 Å². The van der Waals surface area contributed by atoms with Crippen LogP contribution in [-0.2, 0) is 0 Å². The van der Waals surface area contributed by atoms with E-state index >= 15 is 0 Å². The van der Waals surface area contributed by atoms with E-state index in [4.69, 9.17) is 11.1 Å². The lowest BCUT2D eigenvalue weighted by Gasteiger charge is -2.11. The number of aromatic nitrogens is 2. The summed E-state index contributed by atoms with van der Waals surface area (Å²) in [4.78, 5) is 24.7. The molecule has 0 fully saturated rings. The lowest BCUT2D eigenvalue weighted by atomic mass is 10.1. The van der Waals surface area contributed by atoms with Crippen LogP contribution in [0.15, 0.2) is 47.8 Å². The minimum absolute atomic E-state index is 0.0278. The predicted octanol–water partition coefficient (Wildman–Crippen LogP) is 1.61. The van der Waals surface area contributed by atoms with Crippen molar-refractivity contribution in [3.05, 3.63) is 75.0 Å². The number of hydrogen-bond donors (Lipinski definition) is 2. The quantitative estimate of drug-likeness (QED) is 0.694. The molecule has 1 amide bonds. The molecule has 0 bridgehead atoms. The summed E-state index contributed by atoms with van der Waals surface area (Å²) < 4.78 is 1.08. The Labute approximate surface area is 146 Å². The fourth-order valence-electron chi connectivity index (χ4n) is 2.27. The van der Waals surface area contributed by atoms with Crippen LogP contribution in [0.3, 0.4) is 0 Å². The van der Waals surface area contributed by atoms with Crippen molar-refractivity contribution in [2.75, 3.05) is 0 Å². The van der Waals surface area contributed by atoms with Crippen LogP contribution in [0.1, 0.15) is 31.3 Å². The molecule has 25 heavy (non-hydrogen) atoms. The molecule has 0 atom stereocenters. The molecule has 2 heterocycles. The van der Waals surface area contributed by atoms with Gasteiger partial charge in [-0.1, -0.05) is 18.2 Å². The molecule has 3 rings (SSSR count). The molecule has 3 N–H and O–H groups in total. The zero-order valence-corrected chi connectivity index (χ0v) is 13.6. The van der Waals surface area contributed by atoms with E-state index in [-0.39, 0.29) is 28.1 Å². The first-order chi connectivity index (χ1) is 12.0. The Hall–Kier alpha value is -3.57. The maximum atomic E-state index is 12.6. The maximum absolute atomic E-state index is 12.6. The van der Waals surface area contributed by atoms with Gasteiger partial charge in [-0.25, -0.2) is 4.68 Å². The maximum Gasteiger partial charge on any atom is 0.252 e. The highest BCUT2D eigenvalue weighted by molar-refractivity contribution is 7.12. The summed E-state index contributed by atoms with van der Waals surface area (Å²) in [5, 5.41) is 23.4. The summed E-state index contributed by atoms with van der Waals surface area (Å²) in [5.41, 5.74) is 5.42. The number of hydrogen-bond acceptors (Lipinski definition) is 6. The Bertz CT molecular complexity index is 1080. The number of amides is 1. The zero-order valence-electron chi connectivity index (χ0n) is 12.8. The van der Waals surface area contributed by atoms with E-state index in [1.807, 2.05) is 6.07 Å². The highest BCUT2D eigenvalue weighted by Crippen LogP contribution is 2.16. The smallest absolute Gasteiger partial charge is 0.252 e.